The number of amides is 1. The van der Waals surface area contributed by atoms with Crippen LogP contribution in [-0.4, -0.2) is 19.6 Å². The van der Waals surface area contributed by atoms with Gasteiger partial charge in [-0.15, -0.1) is 0 Å². The largest absolute Gasteiger partial charge is 0.268 e. The summed E-state index contributed by atoms with van der Waals surface area (Å²) in [5.41, 5.74) is 0.161. The summed E-state index contributed by atoms with van der Waals surface area (Å²) in [4.78, 5) is 11.4. The summed E-state index contributed by atoms with van der Waals surface area (Å²) in [5.74, 6) is -0.696. The maximum atomic E-state index is 11.4. The van der Waals surface area contributed by atoms with E-state index in [4.69, 9.17) is 0 Å². The van der Waals surface area contributed by atoms with Crippen molar-refractivity contribution in [1.82, 2.24) is 4.72 Å². The molecule has 0 aliphatic carbocycles. The van der Waals surface area contributed by atoms with E-state index in [1.165, 1.54) is 32.1 Å². The van der Waals surface area contributed by atoms with Crippen LogP contribution in [0, 0.1) is 0 Å². The first-order valence-electron chi connectivity index (χ1n) is 4.36. The van der Waals surface area contributed by atoms with Crippen LogP contribution < -0.4 is 4.72 Å². The third kappa shape index (κ3) is 4.12. The fraction of sp³-hybridized carbons (Fsp3) is 0.300. The highest BCUT2D eigenvalue weighted by Gasteiger charge is 2.19. The van der Waals surface area contributed by atoms with E-state index in [-0.39, 0.29) is 5.57 Å². The molecule has 1 amide bonds. The molecular weight excluding hydrogens is 214 g/mol. The van der Waals surface area contributed by atoms with Gasteiger partial charge in [0.05, 0.1) is 5.25 Å². The van der Waals surface area contributed by atoms with Gasteiger partial charge in [-0.05, 0) is 13.8 Å². The van der Waals surface area contributed by atoms with Crippen LogP contribution in [0.3, 0.4) is 0 Å². The molecule has 0 heterocycles. The van der Waals surface area contributed by atoms with Gasteiger partial charge >= 0.3 is 0 Å². The molecule has 0 bridgehead atoms. The Balaban J connectivity index is 4.85. The number of allylic oxidation sites excluding steroid dienone is 2. The van der Waals surface area contributed by atoms with Crippen LogP contribution in [0.4, 0.5) is 0 Å². The van der Waals surface area contributed by atoms with Crippen LogP contribution in [0.5, 0.6) is 0 Å². The molecule has 0 saturated heterocycles. The molecule has 0 aromatic carbocycles. The Labute approximate surface area is 90.4 Å². The van der Waals surface area contributed by atoms with Gasteiger partial charge in [0.25, 0.3) is 5.91 Å². The van der Waals surface area contributed by atoms with E-state index in [1.54, 1.807) is 0 Å². The molecule has 0 aliphatic heterocycles. The van der Waals surface area contributed by atoms with E-state index >= 15 is 0 Å². The number of hydrogen-bond donors (Lipinski definition) is 1. The molecule has 0 aromatic rings. The van der Waals surface area contributed by atoms with Crippen LogP contribution in [-0.2, 0) is 14.8 Å². The zero-order chi connectivity index (χ0) is 12.1. The number of nitrogens with one attached hydrogen (secondary N) is 1. The second-order valence-corrected chi connectivity index (χ2v) is 5.32. The SMILES string of the molecule is C=CC=C(C=C)C(=O)NS(=O)(=O)C(C)C. The van der Waals surface area contributed by atoms with E-state index in [9.17, 15) is 13.2 Å². The summed E-state index contributed by atoms with van der Waals surface area (Å²) < 4.78 is 24.6. The molecule has 5 heteroatoms. The first kappa shape index (κ1) is 13.6. The fourth-order valence-corrected chi connectivity index (χ4v) is 1.28. The average molecular weight is 229 g/mol. The van der Waals surface area contributed by atoms with Crippen molar-refractivity contribution >= 4 is 15.9 Å². The molecule has 4 nitrogen and oxygen atoms in total. The lowest BCUT2D eigenvalue weighted by atomic mass is 10.2. The Hall–Kier alpha value is -1.36. The molecule has 0 aliphatic rings. The Morgan fingerprint density at radius 2 is 1.87 bits per heavy atom. The van der Waals surface area contributed by atoms with Crippen LogP contribution in [0.25, 0.3) is 0 Å². The minimum atomic E-state index is -3.59. The standard InChI is InChI=1S/C10H15NO3S/c1-5-7-9(6-2)10(12)11-15(13,14)8(3)4/h5-8H,1-2H2,3-4H3,(H,11,12). The smallest absolute Gasteiger partial charge is 0.264 e. The van der Waals surface area contributed by atoms with E-state index in [1.807, 2.05) is 4.72 Å². The Morgan fingerprint density at radius 1 is 1.33 bits per heavy atom. The molecule has 0 unspecified atom stereocenters. The lowest BCUT2D eigenvalue weighted by Gasteiger charge is -2.09. The predicted molar refractivity (Wildman–Crippen MR) is 60.7 cm³/mol. The highest BCUT2D eigenvalue weighted by Crippen LogP contribution is 2.01. The quantitative estimate of drug-likeness (QED) is 0.568. The summed E-state index contributed by atoms with van der Waals surface area (Å²) in [6, 6.07) is 0. The normalized spacial score (nSPS) is 12.3. The van der Waals surface area contributed by atoms with Gasteiger partial charge in [0, 0.05) is 5.57 Å². The van der Waals surface area contributed by atoms with Crippen molar-refractivity contribution in [3.05, 3.63) is 37.0 Å². The molecule has 0 fully saturated rings. The maximum absolute atomic E-state index is 11.4. The number of sulfonamides is 1. The molecule has 0 atom stereocenters. The summed E-state index contributed by atoms with van der Waals surface area (Å²) in [5, 5.41) is -0.656. The average Bonchev–Trinajstić information content (AvgIpc) is 2.12. The van der Waals surface area contributed by atoms with E-state index in [0.717, 1.165) is 0 Å². The van der Waals surface area contributed by atoms with Crippen molar-refractivity contribution < 1.29 is 13.2 Å². The second kappa shape index (κ2) is 5.50. The summed E-state index contributed by atoms with van der Waals surface area (Å²) >= 11 is 0. The molecule has 84 valence electrons. The number of hydrogen-bond acceptors (Lipinski definition) is 3. The Bertz CT molecular complexity index is 391. The van der Waals surface area contributed by atoms with Crippen LogP contribution >= 0.6 is 0 Å². The van der Waals surface area contributed by atoms with Crippen LogP contribution in [0.15, 0.2) is 37.0 Å². The molecule has 0 aromatic heterocycles. The lowest BCUT2D eigenvalue weighted by molar-refractivity contribution is -0.115. The lowest BCUT2D eigenvalue weighted by Crippen LogP contribution is -2.36. The number of carbonyl (C=O) groups is 1. The van der Waals surface area contributed by atoms with Gasteiger partial charge in [0.1, 0.15) is 0 Å². The van der Waals surface area contributed by atoms with Crippen molar-refractivity contribution in [3.63, 3.8) is 0 Å². The minimum absolute atomic E-state index is 0.161. The molecular formula is C10H15NO3S. The molecule has 0 radical (unpaired) electrons. The highest BCUT2D eigenvalue weighted by atomic mass is 32.2. The van der Waals surface area contributed by atoms with Crippen LogP contribution in [0.2, 0.25) is 0 Å². The zero-order valence-electron chi connectivity index (χ0n) is 8.86. The zero-order valence-corrected chi connectivity index (χ0v) is 9.67. The summed E-state index contributed by atoms with van der Waals surface area (Å²) in [6.45, 7) is 9.79. The second-order valence-electron chi connectivity index (χ2n) is 3.09. The van der Waals surface area contributed by atoms with Crippen molar-refractivity contribution in [2.45, 2.75) is 19.1 Å². The highest BCUT2D eigenvalue weighted by molar-refractivity contribution is 7.90. The van der Waals surface area contributed by atoms with Crippen molar-refractivity contribution in [2.24, 2.45) is 0 Å². The van der Waals surface area contributed by atoms with Gasteiger partial charge < -0.3 is 0 Å². The topological polar surface area (TPSA) is 63.2 Å². The van der Waals surface area contributed by atoms with Gasteiger partial charge in [-0.3, -0.25) is 4.79 Å². The van der Waals surface area contributed by atoms with Gasteiger partial charge in [0.15, 0.2) is 0 Å². The maximum Gasteiger partial charge on any atom is 0.264 e. The molecule has 1 N–H and O–H groups in total. The summed E-state index contributed by atoms with van der Waals surface area (Å²) in [7, 11) is -3.59. The molecule has 0 saturated carbocycles. The first-order chi connectivity index (χ1) is 6.85. The van der Waals surface area contributed by atoms with Gasteiger partial charge in [-0.2, -0.15) is 0 Å². The fourth-order valence-electron chi connectivity index (χ4n) is 0.669. The van der Waals surface area contributed by atoms with Gasteiger partial charge in [-0.1, -0.05) is 31.4 Å². The van der Waals surface area contributed by atoms with Crippen molar-refractivity contribution in [2.75, 3.05) is 0 Å². The van der Waals surface area contributed by atoms with E-state index < -0.39 is 21.2 Å². The first-order valence-corrected chi connectivity index (χ1v) is 5.91. The summed E-state index contributed by atoms with van der Waals surface area (Å²) in [6.07, 6.45) is 4.05. The van der Waals surface area contributed by atoms with E-state index in [0.29, 0.717) is 0 Å². The molecule has 15 heavy (non-hydrogen) atoms. The number of carbonyl (C=O) groups excluding carboxylic acids is 1. The molecule has 0 spiro atoms. The van der Waals surface area contributed by atoms with Crippen LogP contribution in [0.1, 0.15) is 13.8 Å². The van der Waals surface area contributed by atoms with Gasteiger partial charge in [0.2, 0.25) is 10.0 Å². The third-order valence-electron chi connectivity index (χ3n) is 1.64. The monoisotopic (exact) mass is 229 g/mol. The minimum Gasteiger partial charge on any atom is -0.268 e. The Morgan fingerprint density at radius 3 is 2.20 bits per heavy atom. The number of rotatable bonds is 5. The third-order valence-corrected chi connectivity index (χ3v) is 3.35. The van der Waals surface area contributed by atoms with Crippen molar-refractivity contribution in [3.8, 4) is 0 Å². The van der Waals surface area contributed by atoms with Gasteiger partial charge in [-0.25, -0.2) is 13.1 Å². The molecule has 0 rings (SSSR count). The Kier molecular flexibility index (Phi) is 5.00. The predicted octanol–water partition coefficient (Wildman–Crippen LogP) is 1.14. The van der Waals surface area contributed by atoms with Crippen molar-refractivity contribution in [1.29, 1.82) is 0 Å². The van der Waals surface area contributed by atoms with E-state index in [2.05, 4.69) is 13.2 Å².